The second kappa shape index (κ2) is 6.08. The highest BCUT2D eigenvalue weighted by atomic mass is 15.1. The van der Waals surface area contributed by atoms with Gasteiger partial charge in [-0.1, -0.05) is 18.2 Å². The highest BCUT2D eigenvalue weighted by Gasteiger charge is 1.88. The third kappa shape index (κ3) is 3.51. The summed E-state index contributed by atoms with van der Waals surface area (Å²) < 4.78 is 0. The van der Waals surface area contributed by atoms with Crippen molar-refractivity contribution in [1.82, 2.24) is 4.91 Å². The van der Waals surface area contributed by atoms with Gasteiger partial charge in [0.05, 0.1) is 0 Å². The highest BCUT2D eigenvalue weighted by molar-refractivity contribution is 5.34. The van der Waals surface area contributed by atoms with Crippen LogP contribution in [0, 0.1) is 16.3 Å². The summed E-state index contributed by atoms with van der Waals surface area (Å²) in [7, 11) is 0. The van der Waals surface area contributed by atoms with Gasteiger partial charge in [-0.05, 0) is 12.1 Å². The lowest BCUT2D eigenvalue weighted by Gasteiger charge is -1.77. The van der Waals surface area contributed by atoms with Crippen LogP contribution in [0.5, 0.6) is 0 Å². The zero-order chi connectivity index (χ0) is 8.53. The quantitative estimate of drug-likeness (QED) is 0.373. The first-order valence-corrected chi connectivity index (χ1v) is 2.76. The van der Waals surface area contributed by atoms with Gasteiger partial charge in [0.15, 0.2) is 10.8 Å². The summed E-state index contributed by atoms with van der Waals surface area (Å²) in [5.74, 6) is 0. The van der Waals surface area contributed by atoms with Crippen molar-refractivity contribution in [2.45, 2.75) is 0 Å². The first kappa shape index (κ1) is 8.95. The first-order chi connectivity index (χ1) is 5.43. The Morgan fingerprint density at radius 2 is 1.73 bits per heavy atom. The van der Waals surface area contributed by atoms with Gasteiger partial charge < -0.3 is 0 Å². The standard InChI is InChI=1S/C6H6N3.N2/c7-9-8-6-4-2-1-3-5-6;1-2/h1-5,7H;/q+1;. The van der Waals surface area contributed by atoms with E-state index < -0.39 is 0 Å². The Morgan fingerprint density at radius 3 is 2.18 bits per heavy atom. The van der Waals surface area contributed by atoms with Crippen molar-refractivity contribution in [3.8, 4) is 0 Å². The summed E-state index contributed by atoms with van der Waals surface area (Å²) in [6, 6.07) is 9.17. The molecule has 1 aromatic carbocycles. The largest absolute Gasteiger partial charge is 0.220 e. The topological polar surface area (TPSA) is 97.9 Å². The molecule has 0 saturated carbocycles. The molecule has 0 saturated heterocycles. The molecule has 0 unspecified atom stereocenters. The predicted molar refractivity (Wildman–Crippen MR) is 36.8 cm³/mol. The normalized spacial score (nSPS) is 6.73. The van der Waals surface area contributed by atoms with Gasteiger partial charge in [0.25, 0.3) is 0 Å². The monoisotopic (exact) mass is 148 g/mol. The van der Waals surface area contributed by atoms with Gasteiger partial charge in [0.2, 0.25) is 4.91 Å². The number of nitrogens with one attached hydrogen (secondary N) is 1. The van der Waals surface area contributed by atoms with Gasteiger partial charge >= 0.3 is 0 Å². The molecule has 0 amide bonds. The van der Waals surface area contributed by atoms with Crippen molar-refractivity contribution in [1.29, 1.82) is 16.3 Å². The van der Waals surface area contributed by atoms with Crippen LogP contribution >= 0.6 is 0 Å². The number of hydrogen-bond acceptors (Lipinski definition) is 4. The first-order valence-electron chi connectivity index (χ1n) is 2.76. The summed E-state index contributed by atoms with van der Waals surface area (Å²) in [5, 5.41) is 15.5. The summed E-state index contributed by atoms with van der Waals surface area (Å²) >= 11 is 0. The number of nitrogens with zero attached hydrogens (tertiary/aromatic N) is 4. The molecule has 0 aliphatic heterocycles. The SMILES string of the molecule is N#N.N=[N+]=Nc1ccccc1. The number of rotatable bonds is 1. The lowest BCUT2D eigenvalue weighted by molar-refractivity contribution is 0.992. The second-order valence-corrected chi connectivity index (χ2v) is 1.54. The van der Waals surface area contributed by atoms with E-state index in [-0.39, 0.29) is 0 Å². The van der Waals surface area contributed by atoms with Crippen molar-refractivity contribution in [2.24, 2.45) is 5.11 Å². The molecule has 0 spiro atoms. The Hall–Kier alpha value is -2.05. The van der Waals surface area contributed by atoms with Gasteiger partial charge in [0, 0.05) is 10.8 Å². The van der Waals surface area contributed by atoms with Crippen LogP contribution in [-0.4, -0.2) is 0 Å². The minimum atomic E-state index is 0.715. The molecule has 1 N–H and O–H groups in total. The molecule has 0 bridgehead atoms. The summed E-state index contributed by atoms with van der Waals surface area (Å²) in [5.41, 5.74) is 7.11. The van der Waals surface area contributed by atoms with Gasteiger partial charge in [0.1, 0.15) is 5.53 Å². The lowest BCUT2D eigenvalue weighted by atomic mass is 10.3. The maximum atomic E-state index is 6.40. The Labute approximate surface area is 63.3 Å². The Bertz CT molecular complexity index is 259. The van der Waals surface area contributed by atoms with Crippen LogP contribution in [0.4, 0.5) is 5.69 Å². The van der Waals surface area contributed by atoms with Gasteiger partial charge in [-0.3, -0.25) is 0 Å². The molecule has 0 aliphatic carbocycles. The van der Waals surface area contributed by atoms with Gasteiger partial charge in [-0.2, -0.15) is 0 Å². The molecule has 0 fully saturated rings. The van der Waals surface area contributed by atoms with E-state index in [1.54, 1.807) is 12.1 Å². The number of hydrogen-bond donors (Lipinski definition) is 1. The molecule has 1 rings (SSSR count). The van der Waals surface area contributed by atoms with Crippen LogP contribution in [-0.2, 0) is 0 Å². The zero-order valence-corrected chi connectivity index (χ0v) is 5.68. The van der Waals surface area contributed by atoms with Crippen LogP contribution < -0.4 is 4.91 Å². The van der Waals surface area contributed by atoms with Gasteiger partial charge in [-0.15, -0.1) is 0 Å². The molecule has 1 aromatic rings. The predicted octanol–water partition coefficient (Wildman–Crippen LogP) is 1.90. The molecule has 0 heterocycles. The minimum absolute atomic E-state index is 0.715. The fourth-order valence-corrected chi connectivity index (χ4v) is 0.552. The van der Waals surface area contributed by atoms with E-state index in [2.05, 4.69) is 10.0 Å². The molecular weight excluding hydrogens is 142 g/mol. The minimum Gasteiger partial charge on any atom is -0.0621 e. The summed E-state index contributed by atoms with van der Waals surface area (Å²) in [6.07, 6.45) is 0. The van der Waals surface area contributed by atoms with E-state index in [4.69, 9.17) is 16.3 Å². The lowest BCUT2D eigenvalue weighted by Crippen LogP contribution is -1.60. The van der Waals surface area contributed by atoms with Crippen LogP contribution in [0.3, 0.4) is 0 Å². The van der Waals surface area contributed by atoms with Crippen molar-refractivity contribution >= 4 is 5.69 Å². The van der Waals surface area contributed by atoms with E-state index in [0.717, 1.165) is 0 Å². The average molecular weight is 148 g/mol. The molecular formula is C6H6N5+. The summed E-state index contributed by atoms with van der Waals surface area (Å²) in [4.78, 5) is 2.88. The van der Waals surface area contributed by atoms with Crippen LogP contribution in [0.15, 0.2) is 35.4 Å². The van der Waals surface area contributed by atoms with E-state index >= 15 is 0 Å². The smallest absolute Gasteiger partial charge is 0.0621 e. The Kier molecular flexibility index (Phi) is 4.94. The maximum Gasteiger partial charge on any atom is 0.220 e. The highest BCUT2D eigenvalue weighted by Crippen LogP contribution is 2.06. The Morgan fingerprint density at radius 1 is 1.18 bits per heavy atom. The third-order valence-corrected chi connectivity index (χ3v) is 0.922. The van der Waals surface area contributed by atoms with Crippen LogP contribution in [0.25, 0.3) is 0 Å². The molecule has 11 heavy (non-hydrogen) atoms. The second-order valence-electron chi connectivity index (χ2n) is 1.54. The van der Waals surface area contributed by atoms with Crippen molar-refractivity contribution in [3.63, 3.8) is 0 Å². The van der Waals surface area contributed by atoms with Crippen LogP contribution in [0.2, 0.25) is 0 Å². The average Bonchev–Trinajstić information content (AvgIpc) is 2.11. The Balaban J connectivity index is 0.000000461. The fraction of sp³-hybridized carbons (Fsp3) is 0. The molecule has 54 valence electrons. The maximum absolute atomic E-state index is 6.40. The molecule has 0 radical (unpaired) electrons. The van der Waals surface area contributed by atoms with Crippen molar-refractivity contribution in [2.75, 3.05) is 0 Å². The third-order valence-electron chi connectivity index (χ3n) is 0.922. The molecule has 0 atom stereocenters. The molecule has 0 aliphatic rings. The van der Waals surface area contributed by atoms with E-state index in [1.807, 2.05) is 18.2 Å². The molecule has 5 nitrogen and oxygen atoms in total. The van der Waals surface area contributed by atoms with E-state index in [9.17, 15) is 0 Å². The van der Waals surface area contributed by atoms with Crippen molar-refractivity contribution in [3.05, 3.63) is 30.3 Å². The summed E-state index contributed by atoms with van der Waals surface area (Å²) in [6.45, 7) is 0. The van der Waals surface area contributed by atoms with E-state index in [0.29, 0.717) is 5.69 Å². The van der Waals surface area contributed by atoms with Gasteiger partial charge in [-0.25, -0.2) is 0 Å². The molecule has 0 aromatic heterocycles. The molecule has 5 heteroatoms. The fourth-order valence-electron chi connectivity index (χ4n) is 0.552. The number of benzene rings is 1. The van der Waals surface area contributed by atoms with Crippen LogP contribution in [0.1, 0.15) is 0 Å². The van der Waals surface area contributed by atoms with Crippen molar-refractivity contribution < 1.29 is 0 Å². The van der Waals surface area contributed by atoms with E-state index in [1.165, 1.54) is 0 Å². The zero-order valence-electron chi connectivity index (χ0n) is 5.68.